The molecule has 0 amide bonds. The molecule has 0 unspecified atom stereocenters. The highest BCUT2D eigenvalue weighted by Gasteiger charge is 2.32. The Balaban J connectivity index is 1.25. The molecule has 3 aromatic heterocycles. The van der Waals surface area contributed by atoms with E-state index in [1.165, 1.54) is 0 Å². The van der Waals surface area contributed by atoms with Crippen molar-refractivity contribution in [3.63, 3.8) is 0 Å². The Hall–Kier alpha value is -3.23. The second kappa shape index (κ2) is 7.47. The Kier molecular flexibility index (Phi) is 4.47. The Bertz CT molecular complexity index is 1240. The monoisotopic (exact) mass is 416 g/mol. The maximum absolute atomic E-state index is 5.62. The average molecular weight is 416 g/mol. The fourth-order valence-corrected chi connectivity index (χ4v) is 4.36. The molecule has 2 fully saturated rings. The predicted molar refractivity (Wildman–Crippen MR) is 120 cm³/mol. The van der Waals surface area contributed by atoms with Crippen molar-refractivity contribution in [3.05, 3.63) is 42.6 Å². The van der Waals surface area contributed by atoms with Gasteiger partial charge in [0.15, 0.2) is 5.58 Å². The number of hydrogen-bond donors (Lipinski definition) is 1. The molecule has 0 bridgehead atoms. The van der Waals surface area contributed by atoms with Crippen molar-refractivity contribution in [2.45, 2.75) is 6.04 Å². The lowest BCUT2D eigenvalue weighted by Crippen LogP contribution is -2.61. The number of morpholine rings is 1. The number of rotatable bonds is 4. The summed E-state index contributed by atoms with van der Waals surface area (Å²) in [5.74, 6) is 0. The van der Waals surface area contributed by atoms with Gasteiger partial charge < -0.3 is 19.4 Å². The van der Waals surface area contributed by atoms with E-state index < -0.39 is 0 Å². The summed E-state index contributed by atoms with van der Waals surface area (Å²) in [4.78, 5) is 18.9. The van der Waals surface area contributed by atoms with Gasteiger partial charge in [0.1, 0.15) is 5.52 Å². The second-order valence-electron chi connectivity index (χ2n) is 8.09. The molecule has 5 heterocycles. The fourth-order valence-electron chi connectivity index (χ4n) is 4.36. The van der Waals surface area contributed by atoms with Crippen molar-refractivity contribution in [1.29, 1.82) is 0 Å². The molecule has 0 spiro atoms. The Labute approximate surface area is 179 Å². The summed E-state index contributed by atoms with van der Waals surface area (Å²) in [6, 6.07) is 13.3. The van der Waals surface area contributed by atoms with Crippen molar-refractivity contribution in [3.8, 4) is 11.3 Å². The topological polar surface area (TPSA) is 79.6 Å². The summed E-state index contributed by atoms with van der Waals surface area (Å²) in [5, 5.41) is 2.94. The smallest absolute Gasteiger partial charge is 0.295 e. The van der Waals surface area contributed by atoms with Crippen LogP contribution in [0.5, 0.6) is 0 Å². The van der Waals surface area contributed by atoms with Crippen LogP contribution in [0.4, 0.5) is 11.7 Å². The lowest BCUT2D eigenvalue weighted by Gasteiger charge is -2.47. The third-order valence-corrected chi connectivity index (χ3v) is 6.21. The number of ether oxygens (including phenoxy) is 1. The van der Waals surface area contributed by atoms with Crippen LogP contribution in [0.1, 0.15) is 0 Å². The number of nitrogens with zero attached hydrogens (tertiary/aromatic N) is 5. The van der Waals surface area contributed by atoms with Crippen molar-refractivity contribution >= 4 is 33.8 Å². The van der Waals surface area contributed by atoms with Crippen molar-refractivity contribution in [2.24, 2.45) is 0 Å². The Morgan fingerprint density at radius 3 is 2.68 bits per heavy atom. The van der Waals surface area contributed by atoms with Gasteiger partial charge in [0.05, 0.1) is 41.8 Å². The summed E-state index contributed by atoms with van der Waals surface area (Å²) in [5.41, 5.74) is 6.41. The van der Waals surface area contributed by atoms with Crippen LogP contribution in [0.25, 0.3) is 33.4 Å². The number of benzene rings is 1. The van der Waals surface area contributed by atoms with E-state index in [1.807, 2.05) is 36.5 Å². The second-order valence-corrected chi connectivity index (χ2v) is 8.09. The minimum Gasteiger partial charge on any atom is -0.424 e. The lowest BCUT2D eigenvalue weighted by molar-refractivity contribution is 0.0105. The zero-order valence-corrected chi connectivity index (χ0v) is 17.4. The van der Waals surface area contributed by atoms with Crippen LogP contribution in [-0.4, -0.2) is 72.3 Å². The van der Waals surface area contributed by atoms with Crippen LogP contribution >= 0.6 is 0 Å². The van der Waals surface area contributed by atoms with Gasteiger partial charge in [-0.3, -0.25) is 9.88 Å². The van der Waals surface area contributed by atoms with E-state index in [1.54, 1.807) is 7.05 Å². The summed E-state index contributed by atoms with van der Waals surface area (Å²) < 4.78 is 11.1. The number of nitrogens with one attached hydrogen (secondary N) is 1. The fraction of sp³-hybridized carbons (Fsp3) is 0.348. The molecule has 0 saturated carbocycles. The first-order valence-electron chi connectivity index (χ1n) is 10.7. The molecule has 1 N–H and O–H groups in total. The number of anilines is 2. The van der Waals surface area contributed by atoms with Gasteiger partial charge >= 0.3 is 0 Å². The Morgan fingerprint density at radius 1 is 0.968 bits per heavy atom. The highest BCUT2D eigenvalue weighted by atomic mass is 16.5. The SMILES string of the molecule is CNc1nc2cc(-c3ccc4ncc(N5CC(N6CCOCC6)C5)cc4n3)ccc2o1. The molecule has 1 aromatic carbocycles. The zero-order valence-electron chi connectivity index (χ0n) is 17.4. The molecule has 2 aliphatic heterocycles. The number of oxazole rings is 1. The van der Waals surface area contributed by atoms with Crippen molar-refractivity contribution in [2.75, 3.05) is 56.7 Å². The first-order valence-corrected chi connectivity index (χ1v) is 10.7. The Morgan fingerprint density at radius 2 is 1.84 bits per heavy atom. The third-order valence-electron chi connectivity index (χ3n) is 6.21. The van der Waals surface area contributed by atoms with Crippen LogP contribution in [0.15, 0.2) is 47.0 Å². The molecule has 0 atom stereocenters. The maximum Gasteiger partial charge on any atom is 0.295 e. The van der Waals surface area contributed by atoms with Gasteiger partial charge in [-0.25, -0.2) is 4.98 Å². The minimum atomic E-state index is 0.511. The molecule has 2 aliphatic rings. The van der Waals surface area contributed by atoms with E-state index in [4.69, 9.17) is 14.1 Å². The number of fused-ring (bicyclic) bond motifs is 2. The molecule has 31 heavy (non-hydrogen) atoms. The molecule has 8 heteroatoms. The number of hydrogen-bond acceptors (Lipinski definition) is 8. The van der Waals surface area contributed by atoms with E-state index in [2.05, 4.69) is 31.2 Å². The van der Waals surface area contributed by atoms with Crippen LogP contribution in [0.3, 0.4) is 0 Å². The van der Waals surface area contributed by atoms with Gasteiger partial charge in [0.2, 0.25) is 0 Å². The van der Waals surface area contributed by atoms with Gasteiger partial charge in [0.25, 0.3) is 6.01 Å². The van der Waals surface area contributed by atoms with E-state index in [0.29, 0.717) is 12.1 Å². The third kappa shape index (κ3) is 3.37. The molecule has 158 valence electrons. The summed E-state index contributed by atoms with van der Waals surface area (Å²) in [6.07, 6.45) is 1.96. The minimum absolute atomic E-state index is 0.511. The molecule has 6 rings (SSSR count). The van der Waals surface area contributed by atoms with E-state index in [0.717, 1.165) is 78.5 Å². The van der Waals surface area contributed by atoms with Gasteiger partial charge in [-0.05, 0) is 36.4 Å². The summed E-state index contributed by atoms with van der Waals surface area (Å²) in [6.45, 7) is 5.82. The van der Waals surface area contributed by atoms with Gasteiger partial charge in [-0.15, -0.1) is 0 Å². The van der Waals surface area contributed by atoms with E-state index in [-0.39, 0.29) is 0 Å². The largest absolute Gasteiger partial charge is 0.424 e. The molecular formula is C23H24N6O2. The van der Waals surface area contributed by atoms with E-state index in [9.17, 15) is 0 Å². The molecule has 4 aromatic rings. The standard InChI is InChI=1S/C23H24N6O2/c1-24-23-27-21-10-15(2-5-22(21)31-23)18-3-4-19-20(26-18)11-16(12-25-19)29-13-17(14-29)28-6-8-30-9-7-28/h2-5,10-12,17H,6-9,13-14H2,1H3,(H,24,27). The maximum atomic E-state index is 5.62. The molecular weight excluding hydrogens is 392 g/mol. The number of pyridine rings is 2. The van der Waals surface area contributed by atoms with Gasteiger partial charge in [-0.1, -0.05) is 0 Å². The average Bonchev–Trinajstić information content (AvgIpc) is 3.21. The highest BCUT2D eigenvalue weighted by molar-refractivity contribution is 5.84. The van der Waals surface area contributed by atoms with Crippen LogP contribution < -0.4 is 10.2 Å². The molecule has 8 nitrogen and oxygen atoms in total. The number of aromatic nitrogens is 3. The predicted octanol–water partition coefficient (Wildman–Crippen LogP) is 3.00. The van der Waals surface area contributed by atoms with E-state index >= 15 is 0 Å². The van der Waals surface area contributed by atoms with Gasteiger partial charge in [0, 0.05) is 44.8 Å². The molecule has 2 saturated heterocycles. The molecule has 0 aliphatic carbocycles. The summed E-state index contributed by atoms with van der Waals surface area (Å²) >= 11 is 0. The quantitative estimate of drug-likeness (QED) is 0.544. The first kappa shape index (κ1) is 18.5. The van der Waals surface area contributed by atoms with Crippen LogP contribution in [0.2, 0.25) is 0 Å². The van der Waals surface area contributed by atoms with Crippen molar-refractivity contribution < 1.29 is 9.15 Å². The normalized spacial score (nSPS) is 17.9. The van der Waals surface area contributed by atoms with Crippen LogP contribution in [-0.2, 0) is 4.74 Å². The van der Waals surface area contributed by atoms with Crippen LogP contribution in [0, 0.1) is 0 Å². The first-order chi connectivity index (χ1) is 15.3. The van der Waals surface area contributed by atoms with Crippen molar-refractivity contribution in [1.82, 2.24) is 19.9 Å². The summed E-state index contributed by atoms with van der Waals surface area (Å²) in [7, 11) is 1.79. The lowest BCUT2D eigenvalue weighted by atomic mass is 10.1. The molecule has 0 radical (unpaired) electrons. The zero-order chi connectivity index (χ0) is 20.8. The highest BCUT2D eigenvalue weighted by Crippen LogP contribution is 2.29. The van der Waals surface area contributed by atoms with Gasteiger partial charge in [-0.2, -0.15) is 4.98 Å².